The Kier molecular flexibility index (Phi) is 3.46. The third-order valence-electron chi connectivity index (χ3n) is 3.36. The van der Waals surface area contributed by atoms with Crippen molar-refractivity contribution in [1.29, 1.82) is 0 Å². The van der Waals surface area contributed by atoms with Gasteiger partial charge in [0.1, 0.15) is 5.25 Å². The van der Waals surface area contributed by atoms with Crippen LogP contribution in [0.2, 0.25) is 0 Å². The van der Waals surface area contributed by atoms with Crippen molar-refractivity contribution >= 4 is 31.3 Å². The summed E-state index contributed by atoms with van der Waals surface area (Å²) in [5, 5.41) is -0.874. The van der Waals surface area contributed by atoms with Gasteiger partial charge in [-0.25, -0.2) is 13.4 Å². The molecule has 1 unspecified atom stereocenters. The monoisotopic (exact) mass is 326 g/mol. The zero-order valence-electron chi connectivity index (χ0n) is 10.8. The Morgan fingerprint density at radius 1 is 1.38 bits per heavy atom. The van der Waals surface area contributed by atoms with Gasteiger partial charge in [0.25, 0.3) is 0 Å². The fourth-order valence-electron chi connectivity index (χ4n) is 2.30. The summed E-state index contributed by atoms with van der Waals surface area (Å²) in [4.78, 5) is 17.3. The summed E-state index contributed by atoms with van der Waals surface area (Å²) in [5.74, 6) is 0.309. The number of carbonyl (C=O) groups is 1. The van der Waals surface area contributed by atoms with Crippen LogP contribution in [0.3, 0.4) is 0 Å². The highest BCUT2D eigenvalue weighted by Gasteiger charge is 2.38. The summed E-state index contributed by atoms with van der Waals surface area (Å²) in [7, 11) is 1.59. The van der Waals surface area contributed by atoms with Gasteiger partial charge in [-0.05, 0) is 12.1 Å². The average molecular weight is 327 g/mol. The molecule has 1 amide bonds. The molecule has 0 aliphatic carbocycles. The number of hydrogen-bond acceptors (Lipinski definition) is 5. The number of nitrogens with zero attached hydrogens (tertiary/aromatic N) is 2. The fourth-order valence-corrected chi connectivity index (χ4v) is 3.33. The predicted octanol–water partition coefficient (Wildman–Crippen LogP) is 2.02. The van der Waals surface area contributed by atoms with Crippen LogP contribution in [-0.4, -0.2) is 31.1 Å². The van der Waals surface area contributed by atoms with E-state index in [1.54, 1.807) is 24.4 Å². The highest BCUT2D eigenvalue weighted by atomic mass is 35.7. The molecule has 1 aromatic heterocycles. The number of hydrogen-bond donors (Lipinski definition) is 0. The SMILES string of the molecule is O=C1CC(S(=O)(=O)Cl)CN1c1cccc(-c2cnco2)c1. The molecule has 1 atom stereocenters. The van der Waals surface area contributed by atoms with E-state index >= 15 is 0 Å². The van der Waals surface area contributed by atoms with Crippen LogP contribution in [0.4, 0.5) is 5.69 Å². The molecule has 2 aromatic rings. The summed E-state index contributed by atoms with van der Waals surface area (Å²) < 4.78 is 28.0. The van der Waals surface area contributed by atoms with Crippen molar-refractivity contribution in [2.45, 2.75) is 11.7 Å². The standard InChI is InChI=1S/C13H11ClN2O4S/c14-21(18,19)11-5-13(17)16(7-11)10-3-1-2-9(4-10)12-6-15-8-20-12/h1-4,6,8,11H,5,7H2. The van der Waals surface area contributed by atoms with Gasteiger partial charge >= 0.3 is 0 Å². The number of aromatic nitrogens is 1. The smallest absolute Gasteiger partial charge is 0.237 e. The van der Waals surface area contributed by atoms with Gasteiger partial charge in [-0.3, -0.25) is 4.79 Å². The molecule has 6 nitrogen and oxygen atoms in total. The maximum Gasteiger partial charge on any atom is 0.237 e. The molecular weight excluding hydrogens is 316 g/mol. The molecule has 1 fully saturated rings. The quantitative estimate of drug-likeness (QED) is 0.806. The van der Waals surface area contributed by atoms with E-state index in [4.69, 9.17) is 15.1 Å². The van der Waals surface area contributed by atoms with Crippen LogP contribution in [0.15, 0.2) is 41.3 Å². The first-order valence-corrected chi connectivity index (χ1v) is 8.55. The summed E-state index contributed by atoms with van der Waals surface area (Å²) >= 11 is 0. The number of carbonyl (C=O) groups excluding carboxylic acids is 1. The van der Waals surface area contributed by atoms with Crippen molar-refractivity contribution in [2.24, 2.45) is 0 Å². The fraction of sp³-hybridized carbons (Fsp3) is 0.231. The Morgan fingerprint density at radius 3 is 2.81 bits per heavy atom. The maximum absolute atomic E-state index is 12.0. The molecule has 1 aliphatic heterocycles. The molecular formula is C13H11ClN2O4S. The summed E-state index contributed by atoms with van der Waals surface area (Å²) in [6.45, 7) is 0.0600. The lowest BCUT2D eigenvalue weighted by Crippen LogP contribution is -2.26. The Morgan fingerprint density at radius 2 is 2.19 bits per heavy atom. The van der Waals surface area contributed by atoms with E-state index in [1.165, 1.54) is 11.3 Å². The average Bonchev–Trinajstić information content (AvgIpc) is 3.07. The topological polar surface area (TPSA) is 80.5 Å². The van der Waals surface area contributed by atoms with Crippen LogP contribution >= 0.6 is 10.7 Å². The highest BCUT2D eigenvalue weighted by molar-refractivity contribution is 8.14. The maximum atomic E-state index is 12.0. The summed E-state index contributed by atoms with van der Waals surface area (Å²) in [6.07, 6.45) is 2.79. The van der Waals surface area contributed by atoms with Crippen LogP contribution < -0.4 is 4.90 Å². The number of halogens is 1. The first-order valence-electron chi connectivity index (χ1n) is 6.18. The molecule has 0 N–H and O–H groups in total. The molecule has 1 aromatic carbocycles. The van der Waals surface area contributed by atoms with Crippen LogP contribution in [-0.2, 0) is 13.8 Å². The largest absolute Gasteiger partial charge is 0.444 e. The lowest BCUT2D eigenvalue weighted by molar-refractivity contribution is -0.117. The van der Waals surface area contributed by atoms with Crippen LogP contribution in [0.1, 0.15) is 6.42 Å². The normalized spacial score (nSPS) is 19.2. The van der Waals surface area contributed by atoms with Gasteiger partial charge in [-0.2, -0.15) is 0 Å². The molecule has 0 bridgehead atoms. The molecule has 0 radical (unpaired) electrons. The second-order valence-corrected chi connectivity index (χ2v) is 7.63. The van der Waals surface area contributed by atoms with Crippen molar-refractivity contribution in [3.05, 3.63) is 36.9 Å². The van der Waals surface area contributed by atoms with E-state index in [1.807, 2.05) is 6.07 Å². The van der Waals surface area contributed by atoms with Crippen molar-refractivity contribution in [1.82, 2.24) is 4.98 Å². The van der Waals surface area contributed by atoms with Crippen LogP contribution in [0, 0.1) is 0 Å². The zero-order valence-corrected chi connectivity index (χ0v) is 12.3. The van der Waals surface area contributed by atoms with E-state index in [0.717, 1.165) is 5.56 Å². The minimum atomic E-state index is -3.75. The van der Waals surface area contributed by atoms with Crippen molar-refractivity contribution in [3.8, 4) is 11.3 Å². The second-order valence-electron chi connectivity index (χ2n) is 4.72. The minimum absolute atomic E-state index is 0.0600. The van der Waals surface area contributed by atoms with Crippen LogP contribution in [0.5, 0.6) is 0 Å². The van der Waals surface area contributed by atoms with Gasteiger partial charge in [0.05, 0.1) is 6.20 Å². The lowest BCUT2D eigenvalue weighted by Gasteiger charge is -2.16. The number of rotatable bonds is 3. The van der Waals surface area contributed by atoms with Gasteiger partial charge < -0.3 is 9.32 Å². The van der Waals surface area contributed by atoms with E-state index in [9.17, 15) is 13.2 Å². The predicted molar refractivity (Wildman–Crippen MR) is 77.5 cm³/mol. The molecule has 1 aliphatic rings. The molecule has 3 rings (SSSR count). The second kappa shape index (κ2) is 5.16. The molecule has 21 heavy (non-hydrogen) atoms. The lowest BCUT2D eigenvalue weighted by atomic mass is 10.1. The third-order valence-corrected chi connectivity index (χ3v) is 5.23. The summed E-state index contributed by atoms with van der Waals surface area (Å²) in [5.41, 5.74) is 1.37. The number of benzene rings is 1. The minimum Gasteiger partial charge on any atom is -0.444 e. The zero-order chi connectivity index (χ0) is 15.0. The Labute approximate surface area is 125 Å². The van der Waals surface area contributed by atoms with Gasteiger partial charge in [-0.15, -0.1) is 0 Å². The number of amides is 1. The number of anilines is 1. The van der Waals surface area contributed by atoms with Crippen molar-refractivity contribution < 1.29 is 17.6 Å². The molecule has 2 heterocycles. The Balaban J connectivity index is 1.91. The molecule has 1 saturated heterocycles. The number of oxazole rings is 1. The Hall–Kier alpha value is -1.86. The van der Waals surface area contributed by atoms with Crippen molar-refractivity contribution in [3.63, 3.8) is 0 Å². The third kappa shape index (κ3) is 2.79. The summed E-state index contributed by atoms with van der Waals surface area (Å²) in [6, 6.07) is 7.08. The van der Waals surface area contributed by atoms with E-state index < -0.39 is 14.3 Å². The molecule has 0 saturated carbocycles. The van der Waals surface area contributed by atoms with Gasteiger partial charge in [-0.1, -0.05) is 12.1 Å². The molecule has 110 valence electrons. The van der Waals surface area contributed by atoms with Gasteiger partial charge in [0.15, 0.2) is 12.2 Å². The highest BCUT2D eigenvalue weighted by Crippen LogP contribution is 2.29. The molecule has 0 spiro atoms. The Bertz CT molecular complexity index is 773. The van der Waals surface area contributed by atoms with Crippen molar-refractivity contribution in [2.75, 3.05) is 11.4 Å². The first kappa shape index (κ1) is 14.1. The van der Waals surface area contributed by atoms with E-state index in [2.05, 4.69) is 4.98 Å². The van der Waals surface area contributed by atoms with Gasteiger partial charge in [0, 0.05) is 34.9 Å². The first-order chi connectivity index (χ1) is 9.95. The van der Waals surface area contributed by atoms with E-state index in [0.29, 0.717) is 11.4 Å². The van der Waals surface area contributed by atoms with Crippen LogP contribution in [0.25, 0.3) is 11.3 Å². The van der Waals surface area contributed by atoms with E-state index in [-0.39, 0.29) is 18.9 Å². The molecule has 8 heteroatoms. The van der Waals surface area contributed by atoms with Gasteiger partial charge in [0.2, 0.25) is 15.0 Å².